The Balaban J connectivity index is 2.13. The molecule has 1 heterocycles. The summed E-state index contributed by atoms with van der Waals surface area (Å²) in [7, 11) is 4.04. The number of allylic oxidation sites excluding steroid dienone is 2. The number of hydrogen-bond acceptors (Lipinski definition) is 6. The second kappa shape index (κ2) is 10.7. The van der Waals surface area contributed by atoms with E-state index in [1.165, 1.54) is 0 Å². The first kappa shape index (κ1) is 21.7. The number of aliphatic hydroxyl groups excluding tert-OH is 2. The SMILES string of the molecule is C[C@H]1CCC/C=C/[C@@H]2C[C@H](O)C[C@H]2[C@@H](O)[C@H](SCCN(C)C)CC(=O)O1. The minimum Gasteiger partial charge on any atom is -0.463 e. The van der Waals surface area contributed by atoms with Crippen LogP contribution in [0.4, 0.5) is 0 Å². The first-order chi connectivity index (χ1) is 12.4. The van der Waals surface area contributed by atoms with Gasteiger partial charge in [-0.1, -0.05) is 12.2 Å². The molecular weight excluding hydrogens is 350 g/mol. The lowest BCUT2D eigenvalue weighted by Gasteiger charge is -2.30. The van der Waals surface area contributed by atoms with Crippen LogP contribution in [0.15, 0.2) is 12.2 Å². The summed E-state index contributed by atoms with van der Waals surface area (Å²) in [6.45, 7) is 2.84. The van der Waals surface area contributed by atoms with Gasteiger partial charge in [-0.15, -0.1) is 0 Å². The van der Waals surface area contributed by atoms with E-state index in [0.29, 0.717) is 12.8 Å². The normalized spacial score (nSPS) is 38.0. The Bertz CT molecular complexity index is 471. The first-order valence-electron chi connectivity index (χ1n) is 9.85. The number of aliphatic hydroxyl groups is 2. The maximum absolute atomic E-state index is 12.4. The number of ether oxygens (including phenoxy) is 1. The zero-order valence-electron chi connectivity index (χ0n) is 16.3. The zero-order valence-corrected chi connectivity index (χ0v) is 17.2. The van der Waals surface area contributed by atoms with Crippen molar-refractivity contribution in [3.8, 4) is 0 Å². The average molecular weight is 386 g/mol. The molecule has 0 radical (unpaired) electrons. The number of fused-ring (bicyclic) bond motifs is 1. The van der Waals surface area contributed by atoms with Gasteiger partial charge in [0.2, 0.25) is 0 Å². The predicted octanol–water partition coefficient (Wildman–Crippen LogP) is 2.46. The first-order valence-corrected chi connectivity index (χ1v) is 10.9. The average Bonchev–Trinajstić information content (AvgIpc) is 2.92. The number of rotatable bonds is 4. The van der Waals surface area contributed by atoms with E-state index in [9.17, 15) is 15.0 Å². The van der Waals surface area contributed by atoms with Crippen molar-refractivity contribution in [2.75, 3.05) is 26.4 Å². The van der Waals surface area contributed by atoms with Gasteiger partial charge in [0, 0.05) is 17.5 Å². The number of hydrogen-bond donors (Lipinski definition) is 2. The summed E-state index contributed by atoms with van der Waals surface area (Å²) >= 11 is 1.65. The molecule has 2 N–H and O–H groups in total. The molecule has 1 saturated carbocycles. The molecule has 0 aromatic carbocycles. The number of carbonyl (C=O) groups excluding carboxylic acids is 1. The van der Waals surface area contributed by atoms with Crippen LogP contribution in [0.1, 0.15) is 45.4 Å². The Morgan fingerprint density at radius 1 is 1.31 bits per heavy atom. The molecule has 0 unspecified atom stereocenters. The van der Waals surface area contributed by atoms with Crippen LogP contribution in [0.3, 0.4) is 0 Å². The second-order valence-electron chi connectivity index (χ2n) is 8.02. The topological polar surface area (TPSA) is 70.0 Å². The van der Waals surface area contributed by atoms with Gasteiger partial charge < -0.3 is 19.8 Å². The van der Waals surface area contributed by atoms with E-state index in [0.717, 1.165) is 31.6 Å². The second-order valence-corrected chi connectivity index (χ2v) is 9.37. The third kappa shape index (κ3) is 6.87. The lowest BCUT2D eigenvalue weighted by molar-refractivity contribution is -0.149. The molecule has 150 valence electrons. The fourth-order valence-corrected chi connectivity index (χ4v) is 5.34. The summed E-state index contributed by atoms with van der Waals surface area (Å²) in [6, 6.07) is 0. The Morgan fingerprint density at radius 2 is 2.08 bits per heavy atom. The zero-order chi connectivity index (χ0) is 19.1. The highest BCUT2D eigenvalue weighted by Gasteiger charge is 2.40. The van der Waals surface area contributed by atoms with Crippen molar-refractivity contribution in [2.24, 2.45) is 11.8 Å². The molecule has 5 nitrogen and oxygen atoms in total. The lowest BCUT2D eigenvalue weighted by Crippen LogP contribution is -2.36. The summed E-state index contributed by atoms with van der Waals surface area (Å²) in [5.41, 5.74) is 0. The van der Waals surface area contributed by atoms with Crippen LogP contribution in [-0.4, -0.2) is 71.0 Å². The van der Waals surface area contributed by atoms with Crippen molar-refractivity contribution in [2.45, 2.75) is 69.0 Å². The standard InChI is InChI=1S/C20H35NO4S/c1-14-7-5-4-6-8-15-11-16(22)12-17(15)20(24)18(13-19(23)25-14)26-10-9-21(2)3/h6,8,14-18,20,22,24H,4-5,7,9-13H2,1-3H3/b8-6+/t14-,15+,16-,17+,18+,20+/m0/s1. The summed E-state index contributed by atoms with van der Waals surface area (Å²) < 4.78 is 5.56. The molecule has 26 heavy (non-hydrogen) atoms. The van der Waals surface area contributed by atoms with Gasteiger partial charge in [0.25, 0.3) is 0 Å². The van der Waals surface area contributed by atoms with Crippen molar-refractivity contribution in [1.29, 1.82) is 0 Å². The Kier molecular flexibility index (Phi) is 8.94. The van der Waals surface area contributed by atoms with Gasteiger partial charge in [0.1, 0.15) is 0 Å². The summed E-state index contributed by atoms with van der Waals surface area (Å²) in [4.78, 5) is 14.5. The van der Waals surface area contributed by atoms with Crippen LogP contribution < -0.4 is 0 Å². The van der Waals surface area contributed by atoms with Gasteiger partial charge in [0.15, 0.2) is 0 Å². The molecule has 0 aromatic rings. The van der Waals surface area contributed by atoms with E-state index in [2.05, 4.69) is 17.1 Å². The quantitative estimate of drug-likeness (QED) is 0.572. The fraction of sp³-hybridized carbons (Fsp3) is 0.850. The number of carbonyl (C=O) groups is 1. The maximum atomic E-state index is 12.4. The molecule has 6 atom stereocenters. The van der Waals surface area contributed by atoms with E-state index >= 15 is 0 Å². The predicted molar refractivity (Wildman–Crippen MR) is 106 cm³/mol. The van der Waals surface area contributed by atoms with Gasteiger partial charge >= 0.3 is 5.97 Å². The van der Waals surface area contributed by atoms with Gasteiger partial charge in [-0.3, -0.25) is 4.79 Å². The molecule has 0 amide bonds. The summed E-state index contributed by atoms with van der Waals surface area (Å²) in [5, 5.41) is 21.0. The van der Waals surface area contributed by atoms with E-state index in [1.807, 2.05) is 21.0 Å². The number of esters is 1. The number of nitrogens with zero attached hydrogens (tertiary/aromatic N) is 1. The molecule has 0 bridgehead atoms. The molecule has 2 aliphatic rings. The maximum Gasteiger partial charge on any atom is 0.307 e. The highest BCUT2D eigenvalue weighted by Crippen LogP contribution is 2.39. The Morgan fingerprint density at radius 3 is 2.81 bits per heavy atom. The third-order valence-corrected chi connectivity index (χ3v) is 6.69. The molecule has 0 spiro atoms. The molecule has 1 aliphatic carbocycles. The van der Waals surface area contributed by atoms with Crippen molar-refractivity contribution in [1.82, 2.24) is 4.90 Å². The van der Waals surface area contributed by atoms with Gasteiger partial charge in [0.05, 0.1) is 24.7 Å². The van der Waals surface area contributed by atoms with Gasteiger partial charge in [-0.05, 0) is 65.0 Å². The molecule has 2 rings (SSSR count). The Hall–Kier alpha value is -0.560. The lowest BCUT2D eigenvalue weighted by atomic mass is 9.87. The minimum atomic E-state index is -0.613. The highest BCUT2D eigenvalue weighted by atomic mass is 32.2. The number of cyclic esters (lactones) is 1. The largest absolute Gasteiger partial charge is 0.463 e. The van der Waals surface area contributed by atoms with Gasteiger partial charge in [-0.25, -0.2) is 0 Å². The minimum absolute atomic E-state index is 0.00378. The Labute approximate surface area is 162 Å². The summed E-state index contributed by atoms with van der Waals surface area (Å²) in [6.07, 6.45) is 7.60. The molecular formula is C20H35NO4S. The van der Waals surface area contributed by atoms with Crippen molar-refractivity contribution < 1.29 is 19.7 Å². The van der Waals surface area contributed by atoms with Crippen LogP contribution in [0.25, 0.3) is 0 Å². The molecule has 1 aliphatic heterocycles. The van der Waals surface area contributed by atoms with Crippen LogP contribution in [0.2, 0.25) is 0 Å². The van der Waals surface area contributed by atoms with Crippen molar-refractivity contribution in [3.05, 3.63) is 12.2 Å². The van der Waals surface area contributed by atoms with E-state index in [4.69, 9.17) is 4.74 Å². The molecule has 6 heteroatoms. The van der Waals surface area contributed by atoms with Crippen LogP contribution in [0, 0.1) is 11.8 Å². The van der Waals surface area contributed by atoms with Crippen LogP contribution in [0.5, 0.6) is 0 Å². The highest BCUT2D eigenvalue weighted by molar-refractivity contribution is 8.00. The fourth-order valence-electron chi connectivity index (χ4n) is 3.92. The van der Waals surface area contributed by atoms with E-state index < -0.39 is 6.10 Å². The van der Waals surface area contributed by atoms with Crippen molar-refractivity contribution >= 4 is 17.7 Å². The molecule has 0 saturated heterocycles. The molecule has 1 fully saturated rings. The smallest absolute Gasteiger partial charge is 0.307 e. The van der Waals surface area contributed by atoms with Crippen molar-refractivity contribution in [3.63, 3.8) is 0 Å². The van der Waals surface area contributed by atoms with Crippen LogP contribution >= 0.6 is 11.8 Å². The van der Waals surface area contributed by atoms with Crippen LogP contribution in [-0.2, 0) is 9.53 Å². The number of thioether (sulfide) groups is 1. The van der Waals surface area contributed by atoms with E-state index in [1.54, 1.807) is 11.8 Å². The van der Waals surface area contributed by atoms with Gasteiger partial charge in [-0.2, -0.15) is 11.8 Å². The monoisotopic (exact) mass is 385 g/mol. The molecule has 0 aromatic heterocycles. The van der Waals surface area contributed by atoms with E-state index in [-0.39, 0.29) is 41.7 Å². The summed E-state index contributed by atoms with van der Waals surface area (Å²) in [5.74, 6) is 0.823. The third-order valence-electron chi connectivity index (χ3n) is 5.39.